The van der Waals surface area contributed by atoms with Gasteiger partial charge in [0.05, 0.1) is 25.7 Å². The molecule has 1 aliphatic rings. The fraction of sp³-hybridized carbons (Fsp3) is 0.500. The van der Waals surface area contributed by atoms with Crippen LogP contribution in [0.4, 0.5) is 0 Å². The maximum Gasteiger partial charge on any atom is 0.347 e. The van der Waals surface area contributed by atoms with Crippen molar-refractivity contribution in [1.29, 1.82) is 0 Å². The van der Waals surface area contributed by atoms with Gasteiger partial charge in [0.1, 0.15) is 5.75 Å². The van der Waals surface area contributed by atoms with Gasteiger partial charge in [-0.25, -0.2) is 4.79 Å². The smallest absolute Gasteiger partial charge is 0.347 e. The molecule has 0 fully saturated rings. The van der Waals surface area contributed by atoms with Crippen molar-refractivity contribution in [3.8, 4) is 5.75 Å². The number of aliphatic hydroxyl groups excluding tert-OH is 1. The molecule has 0 amide bonds. The molecule has 2 rings (SSSR count). The van der Waals surface area contributed by atoms with Gasteiger partial charge in [-0.1, -0.05) is 6.07 Å². The fourth-order valence-electron chi connectivity index (χ4n) is 2.34. The average molecular weight is 308 g/mol. The topological polar surface area (TPSA) is 82.1 Å². The summed E-state index contributed by atoms with van der Waals surface area (Å²) in [5.41, 5.74) is 1.42. The first-order valence-electron chi connectivity index (χ1n) is 7.35. The summed E-state index contributed by atoms with van der Waals surface area (Å²) in [6, 6.07) is 5.12. The SMILES string of the molecule is CCOC(=O)CC(O)c1ccc2c(c1)CC(C(=O)OCC)O2. The molecular weight excluding hydrogens is 288 g/mol. The zero-order chi connectivity index (χ0) is 16.1. The standard InChI is InChI=1S/C16H20O6/c1-3-20-15(18)9-12(17)10-5-6-13-11(7-10)8-14(22-13)16(19)21-4-2/h5-7,12,14,17H,3-4,8-9H2,1-2H3. The number of benzene rings is 1. The summed E-state index contributed by atoms with van der Waals surface area (Å²) < 4.78 is 15.3. The van der Waals surface area contributed by atoms with Gasteiger partial charge >= 0.3 is 11.9 Å². The molecule has 1 aliphatic heterocycles. The van der Waals surface area contributed by atoms with Crippen molar-refractivity contribution in [3.63, 3.8) is 0 Å². The van der Waals surface area contributed by atoms with E-state index in [1.54, 1.807) is 32.0 Å². The molecule has 0 bridgehead atoms. The van der Waals surface area contributed by atoms with Crippen molar-refractivity contribution in [2.45, 2.75) is 38.9 Å². The maximum absolute atomic E-state index is 11.7. The summed E-state index contributed by atoms with van der Waals surface area (Å²) >= 11 is 0. The van der Waals surface area contributed by atoms with Gasteiger partial charge in [0.15, 0.2) is 6.10 Å². The van der Waals surface area contributed by atoms with E-state index in [1.165, 1.54) is 0 Å². The van der Waals surface area contributed by atoms with Crippen LogP contribution in [0.5, 0.6) is 5.75 Å². The molecule has 2 unspecified atom stereocenters. The summed E-state index contributed by atoms with van der Waals surface area (Å²) in [6.07, 6.45) is -1.29. The number of aliphatic hydroxyl groups is 1. The molecule has 0 aliphatic carbocycles. The molecule has 0 saturated heterocycles. The van der Waals surface area contributed by atoms with Crippen molar-refractivity contribution in [3.05, 3.63) is 29.3 Å². The largest absolute Gasteiger partial charge is 0.478 e. The Morgan fingerprint density at radius 1 is 1.32 bits per heavy atom. The second-order valence-electron chi connectivity index (χ2n) is 4.95. The van der Waals surface area contributed by atoms with E-state index in [2.05, 4.69) is 0 Å². The van der Waals surface area contributed by atoms with E-state index >= 15 is 0 Å². The van der Waals surface area contributed by atoms with Crippen molar-refractivity contribution in [2.24, 2.45) is 0 Å². The van der Waals surface area contributed by atoms with Crippen LogP contribution in [0.1, 0.15) is 37.5 Å². The highest BCUT2D eigenvalue weighted by molar-refractivity contribution is 5.77. The first kappa shape index (κ1) is 16.3. The number of rotatable bonds is 6. The van der Waals surface area contributed by atoms with Gasteiger partial charge in [-0.15, -0.1) is 0 Å². The number of ether oxygens (including phenoxy) is 3. The van der Waals surface area contributed by atoms with Crippen LogP contribution < -0.4 is 4.74 Å². The average Bonchev–Trinajstić information content (AvgIpc) is 2.90. The van der Waals surface area contributed by atoms with Gasteiger partial charge in [0.25, 0.3) is 0 Å². The maximum atomic E-state index is 11.7. The van der Waals surface area contributed by atoms with Crippen LogP contribution in [0.25, 0.3) is 0 Å². The molecule has 6 nitrogen and oxygen atoms in total. The number of fused-ring (bicyclic) bond motifs is 1. The first-order chi connectivity index (χ1) is 10.5. The summed E-state index contributed by atoms with van der Waals surface area (Å²) in [5, 5.41) is 10.1. The third kappa shape index (κ3) is 3.76. The van der Waals surface area contributed by atoms with Crippen LogP contribution in [0.2, 0.25) is 0 Å². The molecule has 2 atom stereocenters. The van der Waals surface area contributed by atoms with E-state index in [9.17, 15) is 14.7 Å². The van der Waals surface area contributed by atoms with E-state index in [1.807, 2.05) is 0 Å². The van der Waals surface area contributed by atoms with Crippen LogP contribution >= 0.6 is 0 Å². The molecule has 6 heteroatoms. The quantitative estimate of drug-likeness (QED) is 0.803. The minimum Gasteiger partial charge on any atom is -0.478 e. The van der Waals surface area contributed by atoms with Crippen molar-refractivity contribution >= 4 is 11.9 Å². The monoisotopic (exact) mass is 308 g/mol. The molecule has 1 aromatic carbocycles. The Balaban J connectivity index is 2.03. The molecule has 22 heavy (non-hydrogen) atoms. The number of esters is 2. The normalized spacial score (nSPS) is 17.3. The second-order valence-corrected chi connectivity index (χ2v) is 4.95. The Bertz CT molecular complexity index is 554. The van der Waals surface area contributed by atoms with Crippen LogP contribution in [-0.4, -0.2) is 36.4 Å². The minimum absolute atomic E-state index is 0.102. The van der Waals surface area contributed by atoms with E-state index in [-0.39, 0.29) is 13.0 Å². The predicted octanol–water partition coefficient (Wildman–Crippen LogP) is 1.54. The third-order valence-electron chi connectivity index (χ3n) is 3.36. The third-order valence-corrected chi connectivity index (χ3v) is 3.36. The Kier molecular flexibility index (Phi) is 5.38. The summed E-state index contributed by atoms with van der Waals surface area (Å²) in [5.74, 6) is -0.242. The number of carbonyl (C=O) groups is 2. The Hall–Kier alpha value is -2.08. The predicted molar refractivity (Wildman–Crippen MR) is 77.4 cm³/mol. The van der Waals surface area contributed by atoms with Gasteiger partial charge in [0.2, 0.25) is 0 Å². The highest BCUT2D eigenvalue weighted by Gasteiger charge is 2.30. The van der Waals surface area contributed by atoms with Crippen LogP contribution in [-0.2, 0) is 25.5 Å². The lowest BCUT2D eigenvalue weighted by Crippen LogP contribution is -2.27. The van der Waals surface area contributed by atoms with E-state index in [0.717, 1.165) is 5.56 Å². The first-order valence-corrected chi connectivity index (χ1v) is 7.35. The van der Waals surface area contributed by atoms with Crippen LogP contribution in [0, 0.1) is 0 Å². The van der Waals surface area contributed by atoms with Crippen molar-refractivity contribution in [2.75, 3.05) is 13.2 Å². The zero-order valence-electron chi connectivity index (χ0n) is 12.7. The van der Waals surface area contributed by atoms with Gasteiger partial charge in [0, 0.05) is 6.42 Å². The lowest BCUT2D eigenvalue weighted by Gasteiger charge is -2.11. The van der Waals surface area contributed by atoms with E-state index in [0.29, 0.717) is 24.3 Å². The summed E-state index contributed by atoms with van der Waals surface area (Å²) in [7, 11) is 0. The van der Waals surface area contributed by atoms with E-state index in [4.69, 9.17) is 14.2 Å². The summed E-state index contributed by atoms with van der Waals surface area (Å²) in [6.45, 7) is 4.04. The van der Waals surface area contributed by atoms with Crippen molar-refractivity contribution in [1.82, 2.24) is 0 Å². The molecule has 0 radical (unpaired) electrons. The highest BCUT2D eigenvalue weighted by Crippen LogP contribution is 2.32. The molecule has 0 spiro atoms. The van der Waals surface area contributed by atoms with Gasteiger partial charge in [-0.05, 0) is 37.1 Å². The Morgan fingerprint density at radius 3 is 2.73 bits per heavy atom. The molecule has 0 saturated carbocycles. The molecule has 1 N–H and O–H groups in total. The molecule has 120 valence electrons. The van der Waals surface area contributed by atoms with Crippen molar-refractivity contribution < 1.29 is 28.9 Å². The number of hydrogen-bond acceptors (Lipinski definition) is 6. The second kappa shape index (κ2) is 7.26. The van der Waals surface area contributed by atoms with Gasteiger partial charge in [-0.3, -0.25) is 4.79 Å². The Morgan fingerprint density at radius 2 is 2.05 bits per heavy atom. The lowest BCUT2D eigenvalue weighted by atomic mass is 10.0. The Labute approximate surface area is 129 Å². The van der Waals surface area contributed by atoms with Crippen LogP contribution in [0.3, 0.4) is 0 Å². The highest BCUT2D eigenvalue weighted by atomic mass is 16.6. The van der Waals surface area contributed by atoms with E-state index < -0.39 is 24.1 Å². The van der Waals surface area contributed by atoms with Gasteiger partial charge in [-0.2, -0.15) is 0 Å². The van der Waals surface area contributed by atoms with Crippen LogP contribution in [0.15, 0.2) is 18.2 Å². The number of carbonyl (C=O) groups excluding carboxylic acids is 2. The molecule has 1 heterocycles. The zero-order valence-corrected chi connectivity index (χ0v) is 12.7. The molecule has 1 aromatic rings. The minimum atomic E-state index is -0.939. The summed E-state index contributed by atoms with van der Waals surface area (Å²) in [4.78, 5) is 23.1. The number of hydrogen-bond donors (Lipinski definition) is 1. The van der Waals surface area contributed by atoms with Gasteiger partial charge < -0.3 is 19.3 Å². The molecule has 0 aromatic heterocycles. The molecular formula is C16H20O6. The lowest BCUT2D eigenvalue weighted by molar-refractivity contribution is -0.150. The fourth-order valence-corrected chi connectivity index (χ4v) is 2.34.